The summed E-state index contributed by atoms with van der Waals surface area (Å²) in [5, 5.41) is 2.79. The number of nitrogens with zero attached hydrogens (tertiary/aromatic N) is 1. The van der Waals surface area contributed by atoms with Crippen LogP contribution < -0.4 is 9.62 Å². The van der Waals surface area contributed by atoms with Gasteiger partial charge in [0.2, 0.25) is 15.9 Å². The Hall–Kier alpha value is -2.34. The van der Waals surface area contributed by atoms with E-state index in [0.29, 0.717) is 13.1 Å². The van der Waals surface area contributed by atoms with E-state index < -0.39 is 10.0 Å². The van der Waals surface area contributed by atoms with Crippen LogP contribution in [0.3, 0.4) is 0 Å². The largest absolute Gasteiger partial charge is 0.352 e. The topological polar surface area (TPSA) is 66.5 Å². The summed E-state index contributed by atoms with van der Waals surface area (Å²) in [7, 11) is -3.49. The lowest BCUT2D eigenvalue weighted by Gasteiger charge is -2.19. The minimum Gasteiger partial charge on any atom is -0.352 e. The van der Waals surface area contributed by atoms with Crippen LogP contribution in [0.2, 0.25) is 0 Å². The Balaban J connectivity index is 1.55. The van der Waals surface area contributed by atoms with E-state index in [0.717, 1.165) is 28.8 Å². The second-order valence-electron chi connectivity index (χ2n) is 6.28. The van der Waals surface area contributed by atoms with Gasteiger partial charge in [-0.1, -0.05) is 48.0 Å². The summed E-state index contributed by atoms with van der Waals surface area (Å²) in [6, 6.07) is 15.4. The fraction of sp³-hybridized carbons (Fsp3) is 0.316. The van der Waals surface area contributed by atoms with Crippen molar-refractivity contribution in [3.63, 3.8) is 0 Å². The molecule has 0 aromatic heterocycles. The van der Waals surface area contributed by atoms with Crippen molar-refractivity contribution in [3.05, 3.63) is 65.2 Å². The minimum atomic E-state index is -3.49. The summed E-state index contributed by atoms with van der Waals surface area (Å²) < 4.78 is 26.6. The summed E-state index contributed by atoms with van der Waals surface area (Å²) in [5.74, 6) is -0.432. The lowest BCUT2D eigenvalue weighted by molar-refractivity contribution is -0.120. The maximum absolute atomic E-state index is 12.6. The number of hydrogen-bond acceptors (Lipinski definition) is 3. The standard InChI is InChI=1S/C19H22N2O3S/c1-15-5-4-6-16(13-15)14-20-19(22)10-12-25(23,24)21-11-9-17-7-2-3-8-18(17)21/h2-8,13H,9-12,14H2,1H3,(H,20,22). The van der Waals surface area contributed by atoms with Crippen LogP contribution in [0.4, 0.5) is 5.69 Å². The Morgan fingerprint density at radius 3 is 2.76 bits per heavy atom. The summed E-state index contributed by atoms with van der Waals surface area (Å²) >= 11 is 0. The molecule has 5 nitrogen and oxygen atoms in total. The van der Waals surface area contributed by atoms with E-state index in [9.17, 15) is 13.2 Å². The van der Waals surface area contributed by atoms with Crippen LogP contribution in [0.15, 0.2) is 48.5 Å². The molecule has 1 N–H and O–H groups in total. The molecule has 1 amide bonds. The number of carbonyl (C=O) groups excluding carboxylic acids is 1. The van der Waals surface area contributed by atoms with Crippen molar-refractivity contribution in [1.82, 2.24) is 5.32 Å². The molecule has 1 aliphatic heterocycles. The second kappa shape index (κ2) is 7.27. The third-order valence-electron chi connectivity index (χ3n) is 4.34. The van der Waals surface area contributed by atoms with Crippen LogP contribution in [-0.4, -0.2) is 26.6 Å². The number of sulfonamides is 1. The number of hydrogen-bond donors (Lipinski definition) is 1. The number of rotatable bonds is 6. The maximum atomic E-state index is 12.6. The van der Waals surface area contributed by atoms with Gasteiger partial charge >= 0.3 is 0 Å². The molecule has 0 saturated carbocycles. The van der Waals surface area contributed by atoms with Gasteiger partial charge in [-0.25, -0.2) is 8.42 Å². The summed E-state index contributed by atoms with van der Waals surface area (Å²) in [4.78, 5) is 12.0. The Morgan fingerprint density at radius 1 is 1.16 bits per heavy atom. The van der Waals surface area contributed by atoms with E-state index in [4.69, 9.17) is 0 Å². The smallest absolute Gasteiger partial charge is 0.235 e. The van der Waals surface area contributed by atoms with Crippen LogP contribution >= 0.6 is 0 Å². The van der Waals surface area contributed by atoms with Crippen molar-refractivity contribution in [2.24, 2.45) is 0 Å². The first-order valence-electron chi connectivity index (χ1n) is 8.36. The summed E-state index contributed by atoms with van der Waals surface area (Å²) in [6.07, 6.45) is 0.682. The molecule has 3 rings (SSSR count). The first-order chi connectivity index (χ1) is 12.0. The van der Waals surface area contributed by atoms with Gasteiger partial charge in [0.25, 0.3) is 0 Å². The molecule has 6 heteroatoms. The highest BCUT2D eigenvalue weighted by Gasteiger charge is 2.29. The Morgan fingerprint density at radius 2 is 1.96 bits per heavy atom. The number of amides is 1. The van der Waals surface area contributed by atoms with Crippen molar-refractivity contribution in [1.29, 1.82) is 0 Å². The molecule has 0 bridgehead atoms. The lowest BCUT2D eigenvalue weighted by atomic mass is 10.1. The first-order valence-corrected chi connectivity index (χ1v) is 9.97. The van der Waals surface area contributed by atoms with Crippen LogP contribution in [-0.2, 0) is 27.8 Å². The van der Waals surface area contributed by atoms with Gasteiger partial charge in [-0.2, -0.15) is 0 Å². The lowest BCUT2D eigenvalue weighted by Crippen LogP contribution is -2.34. The Bertz CT molecular complexity index is 878. The quantitative estimate of drug-likeness (QED) is 0.862. The molecular weight excluding hydrogens is 336 g/mol. The van der Waals surface area contributed by atoms with Crippen molar-refractivity contribution in [2.75, 3.05) is 16.6 Å². The molecule has 25 heavy (non-hydrogen) atoms. The molecule has 0 unspecified atom stereocenters. The average molecular weight is 358 g/mol. The van der Waals surface area contributed by atoms with Crippen LogP contribution in [0.1, 0.15) is 23.1 Å². The fourth-order valence-corrected chi connectivity index (χ4v) is 4.55. The molecule has 0 atom stereocenters. The van der Waals surface area contributed by atoms with Crippen molar-refractivity contribution in [2.45, 2.75) is 26.3 Å². The zero-order valence-electron chi connectivity index (χ0n) is 14.2. The third-order valence-corrected chi connectivity index (χ3v) is 6.11. The molecule has 0 spiro atoms. The monoisotopic (exact) mass is 358 g/mol. The predicted molar refractivity (Wildman–Crippen MR) is 98.9 cm³/mol. The predicted octanol–water partition coefficient (Wildman–Crippen LogP) is 2.39. The molecule has 2 aromatic carbocycles. The van der Waals surface area contributed by atoms with E-state index in [-0.39, 0.29) is 18.1 Å². The number of fused-ring (bicyclic) bond motifs is 1. The number of nitrogens with one attached hydrogen (secondary N) is 1. The van der Waals surface area contributed by atoms with Crippen molar-refractivity contribution in [3.8, 4) is 0 Å². The highest BCUT2D eigenvalue weighted by Crippen LogP contribution is 2.30. The molecule has 0 radical (unpaired) electrons. The number of anilines is 1. The van der Waals surface area contributed by atoms with Crippen molar-refractivity contribution < 1.29 is 13.2 Å². The number of benzene rings is 2. The Kier molecular flexibility index (Phi) is 5.08. The van der Waals surface area contributed by atoms with E-state index in [1.54, 1.807) is 0 Å². The van der Waals surface area contributed by atoms with Gasteiger partial charge in [0.1, 0.15) is 0 Å². The molecule has 0 aliphatic carbocycles. The molecule has 0 saturated heterocycles. The molecular formula is C19H22N2O3S. The molecule has 132 valence electrons. The highest BCUT2D eigenvalue weighted by molar-refractivity contribution is 7.92. The van der Waals surface area contributed by atoms with Gasteiger partial charge in [0, 0.05) is 19.5 Å². The minimum absolute atomic E-state index is 0.0349. The SMILES string of the molecule is Cc1cccc(CNC(=O)CCS(=O)(=O)N2CCc3ccccc32)c1. The molecule has 1 heterocycles. The highest BCUT2D eigenvalue weighted by atomic mass is 32.2. The van der Waals surface area contributed by atoms with Gasteiger partial charge < -0.3 is 5.32 Å². The van der Waals surface area contributed by atoms with Crippen LogP contribution in [0.5, 0.6) is 0 Å². The van der Waals surface area contributed by atoms with E-state index in [1.165, 1.54) is 4.31 Å². The van der Waals surface area contributed by atoms with Gasteiger partial charge in [-0.15, -0.1) is 0 Å². The zero-order valence-corrected chi connectivity index (χ0v) is 15.1. The van der Waals surface area contributed by atoms with Gasteiger partial charge in [0.15, 0.2) is 0 Å². The van der Waals surface area contributed by atoms with Crippen LogP contribution in [0, 0.1) is 6.92 Å². The number of aryl methyl sites for hydroxylation is 1. The number of para-hydroxylation sites is 1. The zero-order chi connectivity index (χ0) is 17.9. The van der Waals surface area contributed by atoms with E-state index in [1.807, 2.05) is 55.5 Å². The van der Waals surface area contributed by atoms with Crippen LogP contribution in [0.25, 0.3) is 0 Å². The molecule has 2 aromatic rings. The second-order valence-corrected chi connectivity index (χ2v) is 8.30. The molecule has 1 aliphatic rings. The summed E-state index contributed by atoms with van der Waals surface area (Å²) in [5.41, 5.74) is 3.91. The normalized spacial score (nSPS) is 13.6. The number of carbonyl (C=O) groups is 1. The van der Waals surface area contributed by atoms with Crippen molar-refractivity contribution >= 4 is 21.6 Å². The fourth-order valence-electron chi connectivity index (χ4n) is 3.04. The average Bonchev–Trinajstić information content (AvgIpc) is 3.03. The van der Waals surface area contributed by atoms with Gasteiger partial charge in [-0.3, -0.25) is 9.10 Å². The van der Waals surface area contributed by atoms with Gasteiger partial charge in [-0.05, 0) is 30.5 Å². The van der Waals surface area contributed by atoms with Gasteiger partial charge in [0.05, 0.1) is 11.4 Å². The van der Waals surface area contributed by atoms with E-state index >= 15 is 0 Å². The maximum Gasteiger partial charge on any atom is 0.235 e. The summed E-state index contributed by atoms with van der Waals surface area (Å²) in [6.45, 7) is 2.85. The Labute approximate surface area is 148 Å². The van der Waals surface area contributed by atoms with E-state index in [2.05, 4.69) is 5.32 Å². The third kappa shape index (κ3) is 4.20. The first kappa shape index (κ1) is 17.5. The molecule has 0 fully saturated rings.